The lowest BCUT2D eigenvalue weighted by Crippen LogP contribution is -2.48. The van der Waals surface area contributed by atoms with Gasteiger partial charge in [0.2, 0.25) is 0 Å². The van der Waals surface area contributed by atoms with Gasteiger partial charge in [-0.05, 0) is 31.2 Å². The largest absolute Gasteiger partial charge is 0.478 e. The number of para-hydroxylation sites is 3. The lowest BCUT2D eigenvalue weighted by atomic mass is 10.3. The lowest BCUT2D eigenvalue weighted by molar-refractivity contribution is -0.133. The van der Waals surface area contributed by atoms with E-state index in [0.29, 0.717) is 11.0 Å². The molecular weight excluding hydrogens is 367 g/mol. The van der Waals surface area contributed by atoms with E-state index in [-0.39, 0.29) is 12.3 Å². The second-order valence-corrected chi connectivity index (χ2v) is 5.90. The van der Waals surface area contributed by atoms with Crippen molar-refractivity contribution >= 4 is 22.8 Å². The molecule has 28 heavy (non-hydrogen) atoms. The number of amides is 2. The highest BCUT2D eigenvalue weighted by Gasteiger charge is 2.17. The van der Waals surface area contributed by atoms with Gasteiger partial charge in [-0.15, -0.1) is 0 Å². The molecule has 2 aromatic carbocycles. The number of hydrogen-bond donors (Lipinski definition) is 2. The summed E-state index contributed by atoms with van der Waals surface area (Å²) in [6, 6.07) is 12.5. The van der Waals surface area contributed by atoms with Crippen molar-refractivity contribution < 1.29 is 18.7 Å². The minimum atomic E-state index is -1.05. The number of benzene rings is 2. The molecule has 2 amide bonds. The number of hydrogen-bond acceptors (Lipinski definition) is 5. The summed E-state index contributed by atoms with van der Waals surface area (Å²) in [5.74, 6) is -1.98. The minimum Gasteiger partial charge on any atom is -0.478 e. The molecule has 0 bridgehead atoms. The number of nitrogens with one attached hydrogen (secondary N) is 2. The Bertz CT molecular complexity index is 1080. The number of ether oxygens (including phenoxy) is 1. The average molecular weight is 384 g/mol. The lowest BCUT2D eigenvalue weighted by Gasteiger charge is -2.16. The zero-order valence-corrected chi connectivity index (χ0v) is 14.9. The molecule has 9 heteroatoms. The molecule has 0 aliphatic rings. The molecule has 0 aliphatic carbocycles. The van der Waals surface area contributed by atoms with Gasteiger partial charge in [-0.3, -0.25) is 29.8 Å². The number of halogens is 1. The van der Waals surface area contributed by atoms with E-state index in [1.54, 1.807) is 30.3 Å². The van der Waals surface area contributed by atoms with E-state index in [0.717, 1.165) is 6.20 Å². The molecule has 3 aromatic rings. The summed E-state index contributed by atoms with van der Waals surface area (Å²) >= 11 is 0. The van der Waals surface area contributed by atoms with E-state index in [4.69, 9.17) is 4.74 Å². The van der Waals surface area contributed by atoms with Crippen LogP contribution in [0.3, 0.4) is 0 Å². The van der Waals surface area contributed by atoms with Gasteiger partial charge in [-0.1, -0.05) is 24.3 Å². The van der Waals surface area contributed by atoms with Gasteiger partial charge in [0, 0.05) is 0 Å². The smallest absolute Gasteiger partial charge is 0.279 e. The van der Waals surface area contributed by atoms with Gasteiger partial charge >= 0.3 is 0 Å². The topological polar surface area (TPSA) is 102 Å². The molecule has 1 heterocycles. The fraction of sp³-hybridized carbons (Fsp3) is 0.158. The van der Waals surface area contributed by atoms with Crippen LogP contribution in [0, 0.1) is 5.82 Å². The number of nitrogens with zero attached hydrogens (tertiary/aromatic N) is 2. The van der Waals surface area contributed by atoms with Crippen LogP contribution in [0.4, 0.5) is 4.39 Å². The van der Waals surface area contributed by atoms with Crippen LogP contribution in [-0.4, -0.2) is 27.5 Å². The predicted molar refractivity (Wildman–Crippen MR) is 98.8 cm³/mol. The third-order valence-electron chi connectivity index (χ3n) is 3.89. The van der Waals surface area contributed by atoms with Gasteiger partial charge in [0.1, 0.15) is 6.54 Å². The quantitative estimate of drug-likeness (QED) is 0.643. The van der Waals surface area contributed by atoms with Crippen LogP contribution in [0.2, 0.25) is 0 Å². The summed E-state index contributed by atoms with van der Waals surface area (Å²) in [5.41, 5.74) is 5.01. The van der Waals surface area contributed by atoms with Crippen LogP contribution >= 0.6 is 0 Å². The summed E-state index contributed by atoms with van der Waals surface area (Å²) in [5, 5.41) is 0. The zero-order valence-electron chi connectivity index (χ0n) is 14.9. The molecule has 0 spiro atoms. The summed E-state index contributed by atoms with van der Waals surface area (Å²) in [6.45, 7) is 1.10. The van der Waals surface area contributed by atoms with Gasteiger partial charge < -0.3 is 4.74 Å². The number of carbonyl (C=O) groups excluding carboxylic acids is 2. The molecule has 1 atom stereocenters. The highest BCUT2D eigenvalue weighted by Crippen LogP contribution is 2.16. The Morgan fingerprint density at radius 2 is 1.86 bits per heavy atom. The van der Waals surface area contributed by atoms with Crippen LogP contribution in [-0.2, 0) is 16.1 Å². The van der Waals surface area contributed by atoms with Crippen molar-refractivity contribution in [1.82, 2.24) is 20.4 Å². The Morgan fingerprint density at radius 1 is 1.14 bits per heavy atom. The van der Waals surface area contributed by atoms with E-state index in [9.17, 15) is 18.8 Å². The predicted octanol–water partition coefficient (Wildman–Crippen LogP) is 1.15. The molecule has 8 nitrogen and oxygen atoms in total. The molecule has 144 valence electrons. The highest BCUT2D eigenvalue weighted by molar-refractivity contribution is 5.85. The Balaban J connectivity index is 1.60. The standard InChI is InChI=1S/C19H17FN4O4/c1-12(28-16-9-5-2-6-13(16)20)19(27)23-22-17(25)11-24-15-8-4-3-7-14(15)21-10-18(24)26/h2-10,12H,11H2,1H3,(H,22,25)(H,23,27). The van der Waals surface area contributed by atoms with Crippen LogP contribution in [0.1, 0.15) is 6.92 Å². The molecule has 0 saturated carbocycles. The molecular formula is C19H17FN4O4. The van der Waals surface area contributed by atoms with Gasteiger partial charge in [0.15, 0.2) is 17.7 Å². The summed E-state index contributed by atoms with van der Waals surface area (Å²) in [6.07, 6.45) is 0.0695. The van der Waals surface area contributed by atoms with Crippen molar-refractivity contribution in [3.8, 4) is 5.75 Å². The second kappa shape index (κ2) is 8.30. The highest BCUT2D eigenvalue weighted by atomic mass is 19.1. The van der Waals surface area contributed by atoms with Gasteiger partial charge in [-0.25, -0.2) is 9.37 Å². The third kappa shape index (κ3) is 4.32. The summed E-state index contributed by atoms with van der Waals surface area (Å²) in [7, 11) is 0. The number of rotatable bonds is 5. The van der Waals surface area contributed by atoms with Crippen molar-refractivity contribution in [2.24, 2.45) is 0 Å². The summed E-state index contributed by atoms with van der Waals surface area (Å²) in [4.78, 5) is 40.2. The first-order valence-corrected chi connectivity index (χ1v) is 8.40. The summed E-state index contributed by atoms with van der Waals surface area (Å²) < 4.78 is 20.0. The van der Waals surface area contributed by atoms with Gasteiger partial charge in [0.25, 0.3) is 17.4 Å². The van der Waals surface area contributed by atoms with Gasteiger partial charge in [-0.2, -0.15) is 0 Å². The Hall–Kier alpha value is -3.75. The fourth-order valence-electron chi connectivity index (χ4n) is 2.48. The van der Waals surface area contributed by atoms with Crippen molar-refractivity contribution in [3.05, 3.63) is 70.9 Å². The molecule has 0 radical (unpaired) electrons. The van der Waals surface area contributed by atoms with Crippen molar-refractivity contribution in [3.63, 3.8) is 0 Å². The number of aromatic nitrogens is 2. The van der Waals surface area contributed by atoms with Crippen LogP contribution in [0.5, 0.6) is 5.75 Å². The normalized spacial score (nSPS) is 11.6. The molecule has 1 aromatic heterocycles. The van der Waals surface area contributed by atoms with Crippen molar-refractivity contribution in [2.45, 2.75) is 19.6 Å². The average Bonchev–Trinajstić information content (AvgIpc) is 2.70. The van der Waals surface area contributed by atoms with E-state index in [1.807, 2.05) is 0 Å². The Labute approximate surface area is 158 Å². The maximum atomic E-state index is 13.6. The molecule has 3 rings (SSSR count). The van der Waals surface area contributed by atoms with E-state index < -0.39 is 29.3 Å². The molecule has 2 N–H and O–H groups in total. The minimum absolute atomic E-state index is 0.0775. The molecule has 0 aliphatic heterocycles. The first-order valence-electron chi connectivity index (χ1n) is 8.40. The van der Waals surface area contributed by atoms with Crippen molar-refractivity contribution in [2.75, 3.05) is 0 Å². The maximum absolute atomic E-state index is 13.6. The van der Waals surface area contributed by atoms with Crippen LogP contribution in [0.25, 0.3) is 11.0 Å². The molecule has 0 saturated heterocycles. The first kappa shape index (κ1) is 19.0. The SMILES string of the molecule is CC(Oc1ccccc1F)C(=O)NNC(=O)Cn1c(=O)cnc2ccccc21. The van der Waals surface area contributed by atoms with E-state index in [2.05, 4.69) is 15.8 Å². The molecule has 0 fully saturated rings. The fourth-order valence-corrected chi connectivity index (χ4v) is 2.48. The van der Waals surface area contributed by atoms with Crippen LogP contribution in [0.15, 0.2) is 59.5 Å². The number of fused-ring (bicyclic) bond motifs is 1. The number of hydrazine groups is 1. The molecule has 1 unspecified atom stereocenters. The van der Waals surface area contributed by atoms with Crippen molar-refractivity contribution in [1.29, 1.82) is 0 Å². The third-order valence-corrected chi connectivity index (χ3v) is 3.89. The van der Waals surface area contributed by atoms with Gasteiger partial charge in [0.05, 0.1) is 17.2 Å². The monoisotopic (exact) mass is 384 g/mol. The van der Waals surface area contributed by atoms with E-state index >= 15 is 0 Å². The van der Waals surface area contributed by atoms with E-state index in [1.165, 1.54) is 29.7 Å². The first-order chi connectivity index (χ1) is 13.5. The maximum Gasteiger partial charge on any atom is 0.279 e. The zero-order chi connectivity index (χ0) is 20.1. The number of carbonyl (C=O) groups is 2. The Morgan fingerprint density at radius 3 is 2.64 bits per heavy atom. The van der Waals surface area contributed by atoms with Crippen LogP contribution < -0.4 is 21.1 Å². The second-order valence-electron chi connectivity index (χ2n) is 5.90. The Kier molecular flexibility index (Phi) is 5.64.